The molecule has 0 aliphatic heterocycles. The van der Waals surface area contributed by atoms with Gasteiger partial charge in [-0.3, -0.25) is 0 Å². The van der Waals surface area contributed by atoms with Gasteiger partial charge in [0.15, 0.2) is 0 Å². The van der Waals surface area contributed by atoms with Crippen LogP contribution in [0.5, 0.6) is 0 Å². The van der Waals surface area contributed by atoms with Crippen LogP contribution < -0.4 is 0 Å². The average molecular weight is 134 g/mol. The van der Waals surface area contributed by atoms with Crippen molar-refractivity contribution in [2.45, 2.75) is 37.6 Å². The number of rotatable bonds is 0. The van der Waals surface area contributed by atoms with E-state index < -0.39 is 5.92 Å². The van der Waals surface area contributed by atoms with Crippen LogP contribution in [-0.2, 0) is 0 Å². The summed E-state index contributed by atoms with van der Waals surface area (Å²) in [5, 5.41) is 0. The van der Waals surface area contributed by atoms with Gasteiger partial charge in [0.1, 0.15) is 0 Å². The highest BCUT2D eigenvalue weighted by Crippen LogP contribution is 2.33. The molecule has 9 heavy (non-hydrogen) atoms. The Morgan fingerprint density at radius 3 is 2.00 bits per heavy atom. The van der Waals surface area contributed by atoms with E-state index in [2.05, 4.69) is 0 Å². The van der Waals surface area contributed by atoms with Gasteiger partial charge in [-0.1, -0.05) is 12.8 Å². The summed E-state index contributed by atoms with van der Waals surface area (Å²) in [6, 6.07) is -0.232. The number of hydrogen-bond donors (Lipinski definition) is 0. The SMILES string of the molecule is [NH-]C1CCC(F)(F)CC1. The fourth-order valence-electron chi connectivity index (χ4n) is 1.04. The minimum atomic E-state index is -2.46. The molecule has 1 nitrogen and oxygen atoms in total. The Kier molecular flexibility index (Phi) is 1.70. The van der Waals surface area contributed by atoms with E-state index in [-0.39, 0.29) is 18.9 Å². The Balaban J connectivity index is 2.35. The van der Waals surface area contributed by atoms with Crippen molar-refractivity contribution in [2.24, 2.45) is 0 Å². The zero-order valence-corrected chi connectivity index (χ0v) is 5.16. The molecule has 1 N–H and O–H groups in total. The summed E-state index contributed by atoms with van der Waals surface area (Å²) in [5.74, 6) is -2.46. The topological polar surface area (TPSA) is 23.8 Å². The largest absolute Gasteiger partial charge is 0.675 e. The van der Waals surface area contributed by atoms with Gasteiger partial charge in [-0.2, -0.15) is 0 Å². The van der Waals surface area contributed by atoms with Gasteiger partial charge in [0.25, 0.3) is 0 Å². The van der Waals surface area contributed by atoms with Crippen molar-refractivity contribution in [1.29, 1.82) is 0 Å². The quantitative estimate of drug-likeness (QED) is 0.486. The van der Waals surface area contributed by atoms with Crippen molar-refractivity contribution in [3.63, 3.8) is 0 Å². The predicted octanol–water partition coefficient (Wildman–Crippen LogP) is 2.62. The van der Waals surface area contributed by atoms with E-state index in [4.69, 9.17) is 5.73 Å². The van der Waals surface area contributed by atoms with Gasteiger partial charge < -0.3 is 5.73 Å². The lowest BCUT2D eigenvalue weighted by Crippen LogP contribution is -2.25. The third-order valence-electron chi connectivity index (χ3n) is 1.72. The Labute approximate surface area is 53.2 Å². The summed E-state index contributed by atoms with van der Waals surface area (Å²) in [5.41, 5.74) is 7.12. The fraction of sp³-hybridized carbons (Fsp3) is 1.00. The lowest BCUT2D eigenvalue weighted by Gasteiger charge is -2.30. The maximum Gasteiger partial charge on any atom is 0.248 e. The van der Waals surface area contributed by atoms with Crippen LogP contribution in [0.4, 0.5) is 8.78 Å². The van der Waals surface area contributed by atoms with E-state index in [1.165, 1.54) is 0 Å². The first-order valence-corrected chi connectivity index (χ1v) is 3.19. The first-order valence-electron chi connectivity index (χ1n) is 3.19. The smallest absolute Gasteiger partial charge is 0.248 e. The number of hydrogen-bond acceptors (Lipinski definition) is 0. The van der Waals surface area contributed by atoms with E-state index in [0.29, 0.717) is 12.8 Å². The molecule has 0 aromatic rings. The van der Waals surface area contributed by atoms with Crippen LogP contribution in [0.15, 0.2) is 0 Å². The standard InChI is InChI=1S/C6H10F2N/c7-6(8)3-1-5(9)2-4-6/h5,9H,1-4H2/q-1. The summed E-state index contributed by atoms with van der Waals surface area (Å²) < 4.78 is 24.6. The molecule has 0 bridgehead atoms. The van der Waals surface area contributed by atoms with Gasteiger partial charge in [-0.05, 0) is 0 Å². The van der Waals surface area contributed by atoms with Crippen LogP contribution in [0.1, 0.15) is 25.7 Å². The molecule has 1 rings (SSSR count). The van der Waals surface area contributed by atoms with Crippen molar-refractivity contribution in [1.82, 2.24) is 0 Å². The van der Waals surface area contributed by atoms with Crippen LogP contribution >= 0.6 is 0 Å². The summed E-state index contributed by atoms with van der Waals surface area (Å²) >= 11 is 0. The molecule has 0 heterocycles. The monoisotopic (exact) mass is 134 g/mol. The third-order valence-corrected chi connectivity index (χ3v) is 1.72. The van der Waals surface area contributed by atoms with Crippen LogP contribution in [0.3, 0.4) is 0 Å². The zero-order chi connectivity index (χ0) is 6.91. The second-order valence-corrected chi connectivity index (χ2v) is 2.63. The molecule has 0 aromatic carbocycles. The lowest BCUT2D eigenvalue weighted by molar-refractivity contribution is -0.0348. The van der Waals surface area contributed by atoms with Crippen LogP contribution in [0, 0.1) is 0 Å². The molecule has 1 saturated carbocycles. The molecule has 1 aliphatic rings. The van der Waals surface area contributed by atoms with Gasteiger partial charge in [-0.15, -0.1) is 6.04 Å². The van der Waals surface area contributed by atoms with Crippen LogP contribution in [0.25, 0.3) is 5.73 Å². The average Bonchev–Trinajstić information content (AvgIpc) is 1.78. The minimum absolute atomic E-state index is 0.0822. The first kappa shape index (κ1) is 6.93. The molecule has 3 heteroatoms. The second-order valence-electron chi connectivity index (χ2n) is 2.63. The molecule has 0 atom stereocenters. The molecular formula is C6H10F2N-. The molecule has 0 saturated heterocycles. The number of nitrogens with one attached hydrogen (secondary N) is 1. The highest BCUT2D eigenvalue weighted by Gasteiger charge is 2.31. The molecule has 0 spiro atoms. The molecular weight excluding hydrogens is 124 g/mol. The Morgan fingerprint density at radius 1 is 1.22 bits per heavy atom. The van der Waals surface area contributed by atoms with E-state index in [0.717, 1.165) is 0 Å². The van der Waals surface area contributed by atoms with Gasteiger partial charge in [0.05, 0.1) is 0 Å². The molecule has 1 aliphatic carbocycles. The Bertz CT molecular complexity index is 93.2. The van der Waals surface area contributed by atoms with Crippen molar-refractivity contribution >= 4 is 0 Å². The summed E-state index contributed by atoms with van der Waals surface area (Å²) in [6.45, 7) is 0. The highest BCUT2D eigenvalue weighted by atomic mass is 19.3. The maximum absolute atomic E-state index is 12.3. The molecule has 0 amide bonds. The summed E-state index contributed by atoms with van der Waals surface area (Å²) in [7, 11) is 0. The van der Waals surface area contributed by atoms with Gasteiger partial charge >= 0.3 is 0 Å². The van der Waals surface area contributed by atoms with Crippen molar-refractivity contribution in [3.05, 3.63) is 5.73 Å². The third kappa shape index (κ3) is 1.90. The van der Waals surface area contributed by atoms with Crippen molar-refractivity contribution in [3.8, 4) is 0 Å². The zero-order valence-electron chi connectivity index (χ0n) is 5.16. The van der Waals surface area contributed by atoms with E-state index >= 15 is 0 Å². The van der Waals surface area contributed by atoms with E-state index in [1.807, 2.05) is 0 Å². The van der Waals surface area contributed by atoms with Gasteiger partial charge in [0, 0.05) is 12.8 Å². The first-order chi connectivity index (χ1) is 4.10. The van der Waals surface area contributed by atoms with Crippen LogP contribution in [-0.4, -0.2) is 12.0 Å². The number of halogens is 2. The highest BCUT2D eigenvalue weighted by molar-refractivity contribution is 4.84. The molecule has 0 unspecified atom stereocenters. The van der Waals surface area contributed by atoms with Gasteiger partial charge in [0.2, 0.25) is 5.92 Å². The second kappa shape index (κ2) is 2.21. The van der Waals surface area contributed by atoms with Crippen molar-refractivity contribution < 1.29 is 8.78 Å². The predicted molar refractivity (Wildman–Crippen MR) is 31.5 cm³/mol. The summed E-state index contributed by atoms with van der Waals surface area (Å²) in [4.78, 5) is 0. The van der Waals surface area contributed by atoms with E-state index in [1.54, 1.807) is 0 Å². The normalized spacial score (nSPS) is 28.3. The fourth-order valence-corrected chi connectivity index (χ4v) is 1.04. The minimum Gasteiger partial charge on any atom is -0.675 e. The lowest BCUT2D eigenvalue weighted by atomic mass is 9.93. The Morgan fingerprint density at radius 2 is 1.67 bits per heavy atom. The Hall–Kier alpha value is -0.180. The van der Waals surface area contributed by atoms with Crippen molar-refractivity contribution in [2.75, 3.05) is 0 Å². The molecule has 54 valence electrons. The van der Waals surface area contributed by atoms with Gasteiger partial charge in [-0.25, -0.2) is 8.78 Å². The van der Waals surface area contributed by atoms with Crippen LogP contribution in [0.2, 0.25) is 0 Å². The molecule has 1 fully saturated rings. The maximum atomic E-state index is 12.3. The van der Waals surface area contributed by atoms with E-state index in [9.17, 15) is 8.78 Å². The molecule has 0 radical (unpaired) electrons. The summed E-state index contributed by atoms with van der Waals surface area (Å²) in [6.07, 6.45) is 0.572. The number of alkyl halides is 2. The molecule has 0 aromatic heterocycles.